The maximum absolute atomic E-state index is 12.2. The molecular weight excluding hydrogens is 274 g/mol. The van der Waals surface area contributed by atoms with Gasteiger partial charge in [-0.2, -0.15) is 5.26 Å². The number of hydrogen-bond acceptors (Lipinski definition) is 6. The van der Waals surface area contributed by atoms with Gasteiger partial charge in [0.05, 0.1) is 29.7 Å². The molecule has 2 heterocycles. The van der Waals surface area contributed by atoms with Crippen LogP contribution < -0.4 is 11.1 Å². The third-order valence-electron chi connectivity index (χ3n) is 3.04. The van der Waals surface area contributed by atoms with E-state index in [2.05, 4.69) is 11.4 Å². The van der Waals surface area contributed by atoms with Crippen molar-refractivity contribution in [1.82, 2.24) is 5.32 Å². The van der Waals surface area contributed by atoms with Crippen LogP contribution in [0.1, 0.15) is 24.6 Å². The zero-order valence-corrected chi connectivity index (χ0v) is 12.1. The maximum Gasteiger partial charge on any atom is 0.336 e. The van der Waals surface area contributed by atoms with Crippen LogP contribution in [0.2, 0.25) is 0 Å². The Balaban J connectivity index is 2.55. The third-order valence-corrected chi connectivity index (χ3v) is 3.97. The zero-order valence-electron chi connectivity index (χ0n) is 11.3. The Hall–Kier alpha value is -2.26. The number of ether oxygens (including phenoxy) is 1. The predicted octanol–water partition coefficient (Wildman–Crippen LogP) is 1.97. The minimum atomic E-state index is -0.458. The Morgan fingerprint density at radius 1 is 1.65 bits per heavy atom. The number of nitrogens with one attached hydrogen (secondary N) is 1. The number of nitrogens with zero attached hydrogens (tertiary/aromatic N) is 1. The molecule has 1 aromatic rings. The smallest absolute Gasteiger partial charge is 0.336 e. The van der Waals surface area contributed by atoms with Crippen molar-refractivity contribution in [3.63, 3.8) is 0 Å². The molecule has 1 aliphatic rings. The second kappa shape index (κ2) is 5.80. The molecule has 1 unspecified atom stereocenters. The fraction of sp³-hybridized carbons (Fsp3) is 0.286. The molecule has 0 spiro atoms. The van der Waals surface area contributed by atoms with Gasteiger partial charge in [-0.3, -0.25) is 0 Å². The molecule has 0 radical (unpaired) electrons. The normalized spacial score (nSPS) is 18.6. The van der Waals surface area contributed by atoms with Gasteiger partial charge in [-0.25, -0.2) is 4.79 Å². The average molecular weight is 289 g/mol. The lowest BCUT2D eigenvalue weighted by Gasteiger charge is -2.26. The summed E-state index contributed by atoms with van der Waals surface area (Å²) in [6.07, 6.45) is 0. The number of carbonyl (C=O) groups excluding carboxylic acids is 1. The van der Waals surface area contributed by atoms with E-state index in [0.29, 0.717) is 16.8 Å². The van der Waals surface area contributed by atoms with Crippen LogP contribution in [0, 0.1) is 11.3 Å². The van der Waals surface area contributed by atoms with Crippen molar-refractivity contribution in [2.45, 2.75) is 19.8 Å². The van der Waals surface area contributed by atoms with E-state index in [1.54, 1.807) is 13.8 Å². The molecule has 5 nitrogen and oxygen atoms in total. The number of nitrogens with two attached hydrogens (primary N) is 1. The Kier molecular flexibility index (Phi) is 4.11. The zero-order chi connectivity index (χ0) is 14.7. The summed E-state index contributed by atoms with van der Waals surface area (Å²) in [6, 6.07) is 5.86. The SMILES string of the molecule is CCOC(=O)C1=C(C)NC(N)=C(C#N)C1c1cccs1. The first-order valence-corrected chi connectivity index (χ1v) is 7.06. The van der Waals surface area contributed by atoms with Crippen molar-refractivity contribution in [1.29, 1.82) is 5.26 Å². The summed E-state index contributed by atoms with van der Waals surface area (Å²) in [7, 11) is 0. The number of rotatable bonds is 3. The van der Waals surface area contributed by atoms with E-state index in [9.17, 15) is 10.1 Å². The molecule has 2 rings (SSSR count). The summed E-state index contributed by atoms with van der Waals surface area (Å²) in [4.78, 5) is 13.1. The van der Waals surface area contributed by atoms with E-state index >= 15 is 0 Å². The number of hydrogen-bond donors (Lipinski definition) is 2. The van der Waals surface area contributed by atoms with Crippen LogP contribution in [0.4, 0.5) is 0 Å². The van der Waals surface area contributed by atoms with Crippen molar-refractivity contribution in [2.75, 3.05) is 6.61 Å². The van der Waals surface area contributed by atoms with E-state index in [0.717, 1.165) is 4.88 Å². The lowest BCUT2D eigenvalue weighted by molar-refractivity contribution is -0.138. The monoisotopic (exact) mass is 289 g/mol. The Bertz CT molecular complexity index is 623. The van der Waals surface area contributed by atoms with Crippen molar-refractivity contribution in [2.24, 2.45) is 5.73 Å². The number of thiophene rings is 1. The molecule has 0 saturated heterocycles. The topological polar surface area (TPSA) is 88.1 Å². The van der Waals surface area contributed by atoms with Crippen LogP contribution in [0.25, 0.3) is 0 Å². The van der Waals surface area contributed by atoms with Gasteiger partial charge in [0.15, 0.2) is 0 Å². The Morgan fingerprint density at radius 2 is 2.40 bits per heavy atom. The van der Waals surface area contributed by atoms with Crippen LogP contribution in [-0.2, 0) is 9.53 Å². The largest absolute Gasteiger partial charge is 0.463 e. The van der Waals surface area contributed by atoms with Crippen molar-refractivity contribution in [3.8, 4) is 6.07 Å². The molecule has 0 saturated carbocycles. The van der Waals surface area contributed by atoms with Crippen molar-refractivity contribution >= 4 is 17.3 Å². The number of dihydropyridines is 1. The molecule has 0 aliphatic carbocycles. The Labute approximate surface area is 121 Å². The molecular formula is C14H15N3O2S. The minimum absolute atomic E-state index is 0.286. The van der Waals surface area contributed by atoms with Gasteiger partial charge in [-0.15, -0.1) is 11.3 Å². The van der Waals surface area contributed by atoms with E-state index in [1.807, 2.05) is 17.5 Å². The van der Waals surface area contributed by atoms with Gasteiger partial charge in [0.25, 0.3) is 0 Å². The standard InChI is InChI=1S/C14H15N3O2S/c1-3-19-14(18)11-8(2)17-13(16)9(7-15)12(11)10-5-4-6-20-10/h4-6,12,17H,3,16H2,1-2H3. The van der Waals surface area contributed by atoms with Crippen LogP contribution >= 0.6 is 11.3 Å². The minimum Gasteiger partial charge on any atom is -0.463 e. The highest BCUT2D eigenvalue weighted by Gasteiger charge is 2.35. The van der Waals surface area contributed by atoms with Crippen LogP contribution in [0.15, 0.2) is 40.2 Å². The number of carbonyl (C=O) groups is 1. The van der Waals surface area contributed by atoms with Gasteiger partial charge < -0.3 is 15.8 Å². The van der Waals surface area contributed by atoms with Crippen molar-refractivity contribution < 1.29 is 9.53 Å². The second-order valence-corrected chi connectivity index (χ2v) is 5.25. The van der Waals surface area contributed by atoms with Crippen LogP contribution in [0.5, 0.6) is 0 Å². The fourth-order valence-electron chi connectivity index (χ4n) is 2.20. The molecule has 0 aromatic carbocycles. The number of allylic oxidation sites excluding steroid dienone is 2. The molecule has 0 amide bonds. The summed E-state index contributed by atoms with van der Waals surface area (Å²) in [5, 5.41) is 14.1. The van der Waals surface area contributed by atoms with Gasteiger partial charge in [-0.1, -0.05) is 6.07 Å². The summed E-state index contributed by atoms with van der Waals surface area (Å²) in [5.41, 5.74) is 7.29. The first kappa shape index (κ1) is 14.2. The quantitative estimate of drug-likeness (QED) is 0.830. The lowest BCUT2D eigenvalue weighted by Crippen LogP contribution is -2.32. The van der Waals surface area contributed by atoms with Crippen LogP contribution in [0.3, 0.4) is 0 Å². The van der Waals surface area contributed by atoms with Gasteiger partial charge in [0.1, 0.15) is 5.82 Å². The van der Waals surface area contributed by atoms with Gasteiger partial charge >= 0.3 is 5.97 Å². The molecule has 1 aliphatic heterocycles. The van der Waals surface area contributed by atoms with E-state index in [-0.39, 0.29) is 12.4 Å². The van der Waals surface area contributed by atoms with E-state index < -0.39 is 11.9 Å². The van der Waals surface area contributed by atoms with Gasteiger partial charge in [0.2, 0.25) is 0 Å². The fourth-order valence-corrected chi connectivity index (χ4v) is 3.04. The third kappa shape index (κ3) is 2.40. The molecule has 0 fully saturated rings. The molecule has 3 N–H and O–H groups in total. The van der Waals surface area contributed by atoms with Gasteiger partial charge in [-0.05, 0) is 25.3 Å². The Morgan fingerprint density at radius 3 is 2.95 bits per heavy atom. The summed E-state index contributed by atoms with van der Waals surface area (Å²) in [5.74, 6) is -0.590. The summed E-state index contributed by atoms with van der Waals surface area (Å²) < 4.78 is 5.10. The second-order valence-electron chi connectivity index (χ2n) is 4.27. The summed E-state index contributed by atoms with van der Waals surface area (Å²) in [6.45, 7) is 3.79. The molecule has 1 atom stereocenters. The highest BCUT2D eigenvalue weighted by molar-refractivity contribution is 7.10. The molecule has 0 bridgehead atoms. The highest BCUT2D eigenvalue weighted by atomic mass is 32.1. The first-order chi connectivity index (χ1) is 9.60. The van der Waals surface area contributed by atoms with Crippen LogP contribution in [-0.4, -0.2) is 12.6 Å². The highest BCUT2D eigenvalue weighted by Crippen LogP contribution is 2.39. The predicted molar refractivity (Wildman–Crippen MR) is 76.4 cm³/mol. The molecule has 104 valence electrons. The number of nitriles is 1. The summed E-state index contributed by atoms with van der Waals surface area (Å²) >= 11 is 1.48. The van der Waals surface area contributed by atoms with E-state index in [1.165, 1.54) is 11.3 Å². The lowest BCUT2D eigenvalue weighted by atomic mass is 9.86. The van der Waals surface area contributed by atoms with E-state index in [4.69, 9.17) is 10.5 Å². The van der Waals surface area contributed by atoms with Gasteiger partial charge in [0, 0.05) is 10.6 Å². The first-order valence-electron chi connectivity index (χ1n) is 6.18. The maximum atomic E-state index is 12.2. The molecule has 6 heteroatoms. The number of esters is 1. The average Bonchev–Trinajstić information content (AvgIpc) is 2.91. The molecule has 20 heavy (non-hydrogen) atoms. The molecule has 1 aromatic heterocycles. The van der Waals surface area contributed by atoms with Crippen molar-refractivity contribution in [3.05, 3.63) is 45.1 Å².